The van der Waals surface area contributed by atoms with Crippen molar-refractivity contribution >= 4 is 64.3 Å². The van der Waals surface area contributed by atoms with Crippen LogP contribution in [0.5, 0.6) is 5.75 Å². The van der Waals surface area contributed by atoms with Crippen LogP contribution in [0.2, 0.25) is 0 Å². The molecular weight excluding hydrogens is 1040 g/mol. The van der Waals surface area contributed by atoms with Crippen LogP contribution in [0.4, 0.5) is 16.2 Å². The van der Waals surface area contributed by atoms with Crippen LogP contribution in [0, 0.1) is 44.6 Å². The third-order valence-electron chi connectivity index (χ3n) is 17.4. The molecule has 3 aromatic rings. The first kappa shape index (κ1) is 61.1. The summed E-state index contributed by atoms with van der Waals surface area (Å²) in [4.78, 5) is 125. The number of nitro groups is 1. The maximum atomic E-state index is 13.8. The van der Waals surface area contributed by atoms with E-state index in [0.717, 1.165) is 56.1 Å². The molecule has 81 heavy (non-hydrogen) atoms. The number of carbonyl (C=O) groups excluding carboxylic acids is 9. The molecule has 3 fully saturated rings. The van der Waals surface area contributed by atoms with Gasteiger partial charge in [-0.25, -0.2) is 4.79 Å². The van der Waals surface area contributed by atoms with Gasteiger partial charge >= 0.3 is 6.16 Å². The number of anilines is 1. The molecule has 0 bridgehead atoms. The standard InChI is InChI=1S/C41H46N4O10.C21H29NO4/c1-2-3-6-13-31(40(50)42-32-17-15-30(16-18-32)28-54-41(51)55-34-21-19-33(20-22-34)45(52)53)27-36(46)35(26-29-11-7-4-8-12-29)43-37(47)14-9-5-10-25-44-38(48)23-24-39(44)49;1-19-7-5-13(23)9-12(19)3-4-14-15-6-8-21(26,17(25)11-22)20(15,2)10-16(24)18(14)19/h4,7-8,11-12,15-24,31,35H,2-3,5-6,9-10,13-14,25-28H2,1H3,(H,42,50)(H,43,47);9,14-15,18,26H,3-8,10-11,22H2,1-2H3/t31-,35?;14?,15-,18+,19?,20?,21-/m10/s1. The number of benzene rings is 3. The van der Waals surface area contributed by atoms with Gasteiger partial charge in [-0.3, -0.25) is 53.4 Å². The molecule has 1 aliphatic heterocycles. The summed E-state index contributed by atoms with van der Waals surface area (Å²) < 4.78 is 10.2. The number of imide groups is 1. The highest BCUT2D eigenvalue weighted by atomic mass is 16.7. The minimum Gasteiger partial charge on any atom is -0.429 e. The van der Waals surface area contributed by atoms with E-state index in [4.69, 9.17) is 15.2 Å². The number of hydrogen-bond donors (Lipinski definition) is 4. The SMILES string of the molecule is CC12CCC(=O)C=C1CCC1[C@@H]2C(=O)CC2(C)[C@H]1CC[C@]2(O)C(=O)CN.CCCCC[C@H](CC(=O)C(Cc1ccccc1)NC(=O)CCCCCN1C(=O)C=CC1=O)C(=O)Nc1ccc(COC(=O)Oc2ccc([N+](=O)[O-])cc2)cc1. The molecule has 5 aliphatic rings. The molecule has 0 aromatic heterocycles. The summed E-state index contributed by atoms with van der Waals surface area (Å²) >= 11 is 0. The van der Waals surface area contributed by atoms with E-state index < -0.39 is 34.1 Å². The lowest BCUT2D eigenvalue weighted by atomic mass is 9.46. The Morgan fingerprint density at radius 2 is 1.56 bits per heavy atom. The number of amides is 4. The van der Waals surface area contributed by atoms with Crippen LogP contribution in [0.1, 0.15) is 135 Å². The van der Waals surface area contributed by atoms with E-state index in [9.17, 15) is 58.4 Å². The summed E-state index contributed by atoms with van der Waals surface area (Å²) in [5.74, 6) is -1.86. The first-order valence-electron chi connectivity index (χ1n) is 28.3. The van der Waals surface area contributed by atoms with Crippen LogP contribution in [0.25, 0.3) is 0 Å². The molecule has 8 atom stereocenters. The van der Waals surface area contributed by atoms with E-state index in [2.05, 4.69) is 24.5 Å². The number of ether oxygens (including phenoxy) is 2. The van der Waals surface area contributed by atoms with Gasteiger partial charge in [0.1, 0.15) is 23.7 Å². The smallest absolute Gasteiger partial charge is 0.429 e. The third-order valence-corrected chi connectivity index (χ3v) is 17.4. The molecule has 0 saturated heterocycles. The molecule has 5 N–H and O–H groups in total. The van der Waals surface area contributed by atoms with Gasteiger partial charge in [0.15, 0.2) is 17.3 Å². The lowest BCUT2D eigenvalue weighted by Crippen LogP contribution is -2.61. The molecule has 0 radical (unpaired) electrons. The molecule has 0 spiro atoms. The molecule has 3 aromatic carbocycles. The van der Waals surface area contributed by atoms with Gasteiger partial charge in [0.25, 0.3) is 17.5 Å². The first-order valence-corrected chi connectivity index (χ1v) is 28.3. The van der Waals surface area contributed by atoms with Crippen molar-refractivity contribution in [1.82, 2.24) is 10.2 Å². The quantitative estimate of drug-likeness (QED) is 0.0163. The number of nitrogens with two attached hydrogens (primary N) is 1. The van der Waals surface area contributed by atoms with Crippen LogP contribution in [0.3, 0.4) is 0 Å². The second-order valence-electron chi connectivity index (χ2n) is 22.6. The van der Waals surface area contributed by atoms with Gasteiger partial charge in [0.2, 0.25) is 11.8 Å². The van der Waals surface area contributed by atoms with Crippen molar-refractivity contribution < 1.29 is 62.7 Å². The maximum absolute atomic E-state index is 13.8. The van der Waals surface area contributed by atoms with Crippen LogP contribution >= 0.6 is 0 Å². The van der Waals surface area contributed by atoms with Crippen molar-refractivity contribution in [3.8, 4) is 5.75 Å². The monoisotopic (exact) mass is 1110 g/mol. The van der Waals surface area contributed by atoms with Crippen molar-refractivity contribution in [3.05, 3.63) is 124 Å². The van der Waals surface area contributed by atoms with Crippen LogP contribution in [-0.4, -0.2) is 92.6 Å². The Morgan fingerprint density at radius 1 is 0.852 bits per heavy atom. The summed E-state index contributed by atoms with van der Waals surface area (Å²) in [6.07, 6.45) is 12.7. The number of Topliss-reactive ketones (excluding diaryl/α,β-unsaturated/α-hetero) is 3. The van der Waals surface area contributed by atoms with Gasteiger partial charge in [-0.05, 0) is 117 Å². The van der Waals surface area contributed by atoms with E-state index in [0.29, 0.717) is 49.8 Å². The van der Waals surface area contributed by atoms with Gasteiger partial charge in [-0.2, -0.15) is 0 Å². The molecule has 1 heterocycles. The molecular formula is C62H75N5O14. The summed E-state index contributed by atoms with van der Waals surface area (Å²) in [5, 5.41) is 27.8. The van der Waals surface area contributed by atoms with E-state index in [1.807, 2.05) is 37.3 Å². The lowest BCUT2D eigenvalue weighted by Gasteiger charge is -2.57. The van der Waals surface area contributed by atoms with Crippen molar-refractivity contribution in [2.45, 2.75) is 148 Å². The van der Waals surface area contributed by atoms with Crippen molar-refractivity contribution in [2.75, 3.05) is 18.4 Å². The largest absolute Gasteiger partial charge is 0.514 e. The Kier molecular flexibility index (Phi) is 20.6. The fraction of sp³-hybridized carbons (Fsp3) is 0.500. The van der Waals surface area contributed by atoms with Gasteiger partial charge in [-0.15, -0.1) is 0 Å². The normalized spacial score (nSPS) is 24.3. The third kappa shape index (κ3) is 14.7. The van der Waals surface area contributed by atoms with Gasteiger partial charge in [0.05, 0.1) is 17.5 Å². The number of unbranched alkanes of at least 4 members (excludes halogenated alkanes) is 4. The van der Waals surface area contributed by atoms with E-state index in [-0.39, 0.29) is 127 Å². The Hall–Kier alpha value is -7.51. The molecule has 4 aliphatic carbocycles. The van der Waals surface area contributed by atoms with Crippen molar-refractivity contribution in [2.24, 2.45) is 40.2 Å². The number of carbonyl (C=O) groups is 9. The molecule has 3 saturated carbocycles. The second-order valence-corrected chi connectivity index (χ2v) is 22.6. The summed E-state index contributed by atoms with van der Waals surface area (Å²) in [7, 11) is 0. The molecule has 19 nitrogen and oxygen atoms in total. The van der Waals surface area contributed by atoms with Crippen molar-refractivity contribution in [1.29, 1.82) is 0 Å². The van der Waals surface area contributed by atoms with E-state index in [1.165, 1.54) is 41.3 Å². The molecule has 19 heteroatoms. The minimum atomic E-state index is -1.48. The van der Waals surface area contributed by atoms with Crippen LogP contribution in [-0.2, 0) is 56.1 Å². The Labute approximate surface area is 472 Å². The molecule has 432 valence electrons. The predicted octanol–water partition coefficient (Wildman–Crippen LogP) is 8.57. The zero-order valence-corrected chi connectivity index (χ0v) is 46.5. The van der Waals surface area contributed by atoms with Crippen molar-refractivity contribution in [3.63, 3.8) is 0 Å². The Morgan fingerprint density at radius 3 is 2.22 bits per heavy atom. The summed E-state index contributed by atoms with van der Waals surface area (Å²) in [6, 6.07) is 20.1. The predicted molar refractivity (Wildman–Crippen MR) is 299 cm³/mol. The molecule has 4 amide bonds. The number of non-ortho nitro benzene ring substituents is 1. The fourth-order valence-electron chi connectivity index (χ4n) is 12.9. The number of nitrogens with zero attached hydrogens (tertiary/aromatic N) is 2. The average Bonchev–Trinajstić information content (AvgIpc) is 4.19. The number of aliphatic hydroxyl groups is 1. The number of nitrogens with one attached hydrogen (secondary N) is 2. The van der Waals surface area contributed by atoms with Crippen LogP contribution in [0.15, 0.2) is 103 Å². The number of rotatable bonds is 24. The van der Waals surface area contributed by atoms with E-state index in [1.54, 1.807) is 30.3 Å². The second kappa shape index (κ2) is 27.3. The lowest BCUT2D eigenvalue weighted by molar-refractivity contribution is -0.384. The number of nitro benzene ring substituents is 1. The first-order chi connectivity index (χ1) is 38.7. The van der Waals surface area contributed by atoms with Gasteiger partial charge in [-0.1, -0.05) is 94.5 Å². The maximum Gasteiger partial charge on any atom is 0.514 e. The van der Waals surface area contributed by atoms with E-state index >= 15 is 0 Å². The Bertz CT molecular complexity index is 2890. The van der Waals surface area contributed by atoms with Crippen LogP contribution < -0.4 is 21.1 Å². The zero-order valence-electron chi connectivity index (χ0n) is 46.5. The minimum absolute atomic E-state index is 0.0674. The zero-order chi connectivity index (χ0) is 58.5. The summed E-state index contributed by atoms with van der Waals surface area (Å²) in [6.45, 7) is 6.09. The molecule has 4 unspecified atom stereocenters. The number of fused-ring (bicyclic) bond motifs is 5. The number of allylic oxidation sites excluding steroid dienone is 1. The summed E-state index contributed by atoms with van der Waals surface area (Å²) in [5.41, 5.74) is 6.09. The number of hydrogen-bond acceptors (Lipinski definition) is 15. The average molecular weight is 1110 g/mol. The van der Waals surface area contributed by atoms with Gasteiger partial charge in [0, 0.05) is 79.5 Å². The number of ketones is 4. The van der Waals surface area contributed by atoms with Gasteiger partial charge < -0.3 is 30.9 Å². The topological polar surface area (TPSA) is 289 Å². The highest BCUT2D eigenvalue weighted by Crippen LogP contribution is 2.66. The highest BCUT2D eigenvalue weighted by molar-refractivity contribution is 6.12. The highest BCUT2D eigenvalue weighted by Gasteiger charge is 2.68. The fourth-order valence-corrected chi connectivity index (χ4v) is 12.9. The Balaban J connectivity index is 0.000000300. The molecule has 8 rings (SSSR count).